The Kier molecular flexibility index (Phi) is 5.14. The van der Waals surface area contributed by atoms with Gasteiger partial charge in [-0.15, -0.1) is 0 Å². The summed E-state index contributed by atoms with van der Waals surface area (Å²) in [5.41, 5.74) is 1.45. The maximum absolute atomic E-state index is 12.9. The maximum atomic E-state index is 12.9. The lowest BCUT2D eigenvalue weighted by Gasteiger charge is -2.34. The van der Waals surface area contributed by atoms with Crippen molar-refractivity contribution in [3.05, 3.63) is 65.7 Å². The van der Waals surface area contributed by atoms with Gasteiger partial charge in [-0.2, -0.15) is 0 Å². The van der Waals surface area contributed by atoms with Crippen LogP contribution in [0, 0.1) is 5.92 Å². The number of likely N-dealkylation sites (tertiary alicyclic amines) is 1. The third kappa shape index (κ3) is 3.88. The van der Waals surface area contributed by atoms with Gasteiger partial charge in [-0.05, 0) is 36.6 Å². The van der Waals surface area contributed by atoms with Crippen molar-refractivity contribution in [2.24, 2.45) is 5.92 Å². The largest absolute Gasteiger partial charge is 0.391 e. The number of benzene rings is 2. The lowest BCUT2D eigenvalue weighted by molar-refractivity contribution is 0.0249. The minimum Gasteiger partial charge on any atom is -0.391 e. The molecule has 5 heteroatoms. The molecule has 2 aromatic rings. The van der Waals surface area contributed by atoms with E-state index in [9.17, 15) is 14.7 Å². The summed E-state index contributed by atoms with van der Waals surface area (Å²) >= 11 is 0. The van der Waals surface area contributed by atoms with Crippen LogP contribution in [0.15, 0.2) is 54.6 Å². The number of aliphatic hydroxyl groups excluding tert-OH is 1. The van der Waals surface area contributed by atoms with Crippen molar-refractivity contribution in [1.82, 2.24) is 4.90 Å². The second-order valence-electron chi connectivity index (χ2n) is 6.45. The highest BCUT2D eigenvalue weighted by Crippen LogP contribution is 2.23. The summed E-state index contributed by atoms with van der Waals surface area (Å²) in [6.45, 7) is 2.92. The van der Waals surface area contributed by atoms with Gasteiger partial charge in [0.25, 0.3) is 11.8 Å². The van der Waals surface area contributed by atoms with Crippen LogP contribution in [0.5, 0.6) is 0 Å². The number of piperidine rings is 1. The number of hydrogen-bond acceptors (Lipinski definition) is 3. The van der Waals surface area contributed by atoms with Crippen molar-refractivity contribution in [2.75, 3.05) is 18.4 Å². The molecule has 5 nitrogen and oxygen atoms in total. The van der Waals surface area contributed by atoms with E-state index in [-0.39, 0.29) is 17.7 Å². The fourth-order valence-electron chi connectivity index (χ4n) is 2.97. The van der Waals surface area contributed by atoms with Gasteiger partial charge >= 0.3 is 0 Å². The second kappa shape index (κ2) is 7.49. The van der Waals surface area contributed by atoms with E-state index in [4.69, 9.17) is 0 Å². The molecule has 2 N–H and O–H groups in total. The Balaban J connectivity index is 1.79. The van der Waals surface area contributed by atoms with Gasteiger partial charge in [0, 0.05) is 18.7 Å². The average Bonchev–Trinajstić information content (AvgIpc) is 2.64. The Labute approximate surface area is 147 Å². The Hall–Kier alpha value is -2.66. The number of rotatable bonds is 3. The van der Waals surface area contributed by atoms with Crippen LogP contribution in [0.3, 0.4) is 0 Å². The van der Waals surface area contributed by atoms with Gasteiger partial charge in [0.2, 0.25) is 0 Å². The zero-order chi connectivity index (χ0) is 17.8. The van der Waals surface area contributed by atoms with Crippen LogP contribution in [-0.2, 0) is 0 Å². The number of anilines is 1. The van der Waals surface area contributed by atoms with E-state index in [1.807, 2.05) is 13.0 Å². The van der Waals surface area contributed by atoms with Crippen LogP contribution < -0.4 is 5.32 Å². The molecule has 1 saturated heterocycles. The molecule has 0 spiro atoms. The fraction of sp³-hybridized carbons (Fsp3) is 0.300. The van der Waals surface area contributed by atoms with Crippen molar-refractivity contribution in [1.29, 1.82) is 0 Å². The van der Waals surface area contributed by atoms with E-state index in [2.05, 4.69) is 5.32 Å². The fourth-order valence-corrected chi connectivity index (χ4v) is 2.97. The van der Waals surface area contributed by atoms with E-state index >= 15 is 0 Å². The summed E-state index contributed by atoms with van der Waals surface area (Å²) in [6.07, 6.45) is 0.259. The predicted molar refractivity (Wildman–Crippen MR) is 96.5 cm³/mol. The highest BCUT2D eigenvalue weighted by molar-refractivity contribution is 6.09. The molecule has 3 rings (SSSR count). The quantitative estimate of drug-likeness (QED) is 0.904. The average molecular weight is 338 g/mol. The van der Waals surface area contributed by atoms with Crippen molar-refractivity contribution in [3.63, 3.8) is 0 Å². The molecule has 25 heavy (non-hydrogen) atoms. The summed E-state index contributed by atoms with van der Waals surface area (Å²) < 4.78 is 0. The number of amides is 2. The first kappa shape index (κ1) is 17.2. The van der Waals surface area contributed by atoms with E-state index in [0.717, 1.165) is 6.42 Å². The molecule has 2 amide bonds. The Bertz CT molecular complexity index is 761. The van der Waals surface area contributed by atoms with Gasteiger partial charge in [0.05, 0.1) is 17.4 Å². The summed E-state index contributed by atoms with van der Waals surface area (Å²) in [5, 5.41) is 12.9. The number of hydrogen-bond donors (Lipinski definition) is 2. The van der Waals surface area contributed by atoms with E-state index in [1.165, 1.54) is 0 Å². The Morgan fingerprint density at radius 2 is 1.76 bits per heavy atom. The third-order valence-corrected chi connectivity index (χ3v) is 4.65. The molecule has 0 aliphatic carbocycles. The topological polar surface area (TPSA) is 69.6 Å². The number of aliphatic hydroxyl groups is 1. The van der Waals surface area contributed by atoms with Gasteiger partial charge in [0.15, 0.2) is 0 Å². The molecule has 2 aromatic carbocycles. The zero-order valence-electron chi connectivity index (χ0n) is 14.2. The second-order valence-corrected chi connectivity index (χ2v) is 6.45. The highest BCUT2D eigenvalue weighted by atomic mass is 16.3. The number of nitrogens with one attached hydrogen (secondary N) is 1. The van der Waals surface area contributed by atoms with E-state index in [1.54, 1.807) is 53.4 Å². The Morgan fingerprint density at radius 3 is 2.48 bits per heavy atom. The summed E-state index contributed by atoms with van der Waals surface area (Å²) in [4.78, 5) is 26.9. The number of β-amino-alcohol motifs (C(OH)–C–C–N with tert-alkyl or cyclic N) is 1. The summed E-state index contributed by atoms with van der Waals surface area (Å²) in [6, 6.07) is 15.9. The van der Waals surface area contributed by atoms with Crippen molar-refractivity contribution in [3.8, 4) is 0 Å². The molecule has 1 heterocycles. The molecule has 130 valence electrons. The molecule has 1 aliphatic heterocycles. The minimum absolute atomic E-state index is 0.171. The van der Waals surface area contributed by atoms with E-state index < -0.39 is 6.10 Å². The first-order chi connectivity index (χ1) is 12.1. The molecule has 0 bridgehead atoms. The van der Waals surface area contributed by atoms with Gasteiger partial charge in [-0.3, -0.25) is 9.59 Å². The molecular weight excluding hydrogens is 316 g/mol. The SMILES string of the molecule is CC1CCN(C(=O)c2ccccc2NC(=O)c2ccccc2)CC1O. The van der Waals surface area contributed by atoms with E-state index in [0.29, 0.717) is 29.9 Å². The highest BCUT2D eigenvalue weighted by Gasteiger charge is 2.29. The Morgan fingerprint density at radius 1 is 1.08 bits per heavy atom. The number of carbonyl (C=O) groups is 2. The van der Waals surface area contributed by atoms with Crippen LogP contribution in [0.4, 0.5) is 5.69 Å². The normalized spacial score (nSPS) is 20.2. The minimum atomic E-state index is -0.510. The van der Waals surface area contributed by atoms with Crippen LogP contribution in [0.25, 0.3) is 0 Å². The van der Waals surface area contributed by atoms with Gasteiger partial charge in [-0.25, -0.2) is 0 Å². The lowest BCUT2D eigenvalue weighted by atomic mass is 9.95. The third-order valence-electron chi connectivity index (χ3n) is 4.65. The molecule has 0 radical (unpaired) electrons. The first-order valence-corrected chi connectivity index (χ1v) is 8.49. The van der Waals surface area contributed by atoms with Crippen LogP contribution >= 0.6 is 0 Å². The molecule has 2 unspecified atom stereocenters. The molecule has 2 atom stereocenters. The van der Waals surface area contributed by atoms with Crippen molar-refractivity contribution in [2.45, 2.75) is 19.4 Å². The van der Waals surface area contributed by atoms with Gasteiger partial charge < -0.3 is 15.3 Å². The summed E-state index contributed by atoms with van der Waals surface area (Å²) in [5.74, 6) is -0.236. The molecule has 0 aromatic heterocycles. The zero-order valence-corrected chi connectivity index (χ0v) is 14.2. The van der Waals surface area contributed by atoms with Gasteiger partial charge in [-0.1, -0.05) is 37.3 Å². The van der Waals surface area contributed by atoms with Gasteiger partial charge in [0.1, 0.15) is 0 Å². The van der Waals surface area contributed by atoms with Crippen LogP contribution in [0.1, 0.15) is 34.1 Å². The lowest BCUT2D eigenvalue weighted by Crippen LogP contribution is -2.46. The molecular formula is C20H22N2O3. The molecule has 1 fully saturated rings. The number of carbonyl (C=O) groups excluding carboxylic acids is 2. The monoisotopic (exact) mass is 338 g/mol. The molecule has 1 aliphatic rings. The van der Waals surface area contributed by atoms with Crippen molar-refractivity contribution < 1.29 is 14.7 Å². The number of nitrogens with zero attached hydrogens (tertiary/aromatic N) is 1. The predicted octanol–water partition coefficient (Wildman–Crippen LogP) is 2.78. The molecule has 0 saturated carbocycles. The number of para-hydroxylation sites is 1. The first-order valence-electron chi connectivity index (χ1n) is 8.49. The standard InChI is InChI=1S/C20H22N2O3/c1-14-11-12-22(13-18(14)23)20(25)16-9-5-6-10-17(16)21-19(24)15-7-3-2-4-8-15/h2-10,14,18,23H,11-13H2,1H3,(H,21,24). The maximum Gasteiger partial charge on any atom is 0.256 e. The van der Waals surface area contributed by atoms with Crippen LogP contribution in [-0.4, -0.2) is 41.0 Å². The van der Waals surface area contributed by atoms with Crippen LogP contribution in [0.2, 0.25) is 0 Å². The van der Waals surface area contributed by atoms with Crippen molar-refractivity contribution >= 4 is 17.5 Å². The smallest absolute Gasteiger partial charge is 0.256 e. The summed E-state index contributed by atoms with van der Waals surface area (Å²) in [7, 11) is 0.